The summed E-state index contributed by atoms with van der Waals surface area (Å²) in [5.41, 5.74) is 4.98. The Morgan fingerprint density at radius 1 is 1.32 bits per heavy atom. The minimum absolute atomic E-state index is 0.245. The van der Waals surface area contributed by atoms with Gasteiger partial charge in [-0.15, -0.1) is 0 Å². The third-order valence-corrected chi connectivity index (χ3v) is 4.32. The fourth-order valence-electron chi connectivity index (χ4n) is 2.80. The summed E-state index contributed by atoms with van der Waals surface area (Å²) in [7, 11) is 0. The summed E-state index contributed by atoms with van der Waals surface area (Å²) in [6, 6.07) is 0.850. The summed E-state index contributed by atoms with van der Waals surface area (Å²) in [6.45, 7) is 9.95. The Balaban J connectivity index is 1.82. The average molecular weight is 268 g/mol. The zero-order valence-electron chi connectivity index (χ0n) is 12.3. The van der Waals surface area contributed by atoms with E-state index in [-0.39, 0.29) is 5.91 Å². The first-order chi connectivity index (χ1) is 9.05. The van der Waals surface area contributed by atoms with Crippen molar-refractivity contribution in [2.24, 2.45) is 5.73 Å². The standard InChI is InChI=1S/C14H28N4O/c1-3-6-16-14(2,13(15)19)11-17-7-9-18(10-8-17)12-4-5-12/h12,16H,3-11H2,1-2H3,(H2,15,19). The number of hydrogen-bond donors (Lipinski definition) is 2. The van der Waals surface area contributed by atoms with Crippen molar-refractivity contribution < 1.29 is 4.79 Å². The number of rotatable bonds is 7. The Morgan fingerprint density at radius 3 is 2.42 bits per heavy atom. The molecule has 19 heavy (non-hydrogen) atoms. The first-order valence-corrected chi connectivity index (χ1v) is 7.56. The first-order valence-electron chi connectivity index (χ1n) is 7.56. The summed E-state index contributed by atoms with van der Waals surface area (Å²) in [4.78, 5) is 16.7. The Bertz CT molecular complexity index is 311. The van der Waals surface area contributed by atoms with Crippen LogP contribution < -0.4 is 11.1 Å². The van der Waals surface area contributed by atoms with Gasteiger partial charge in [-0.1, -0.05) is 6.92 Å². The molecule has 1 saturated carbocycles. The van der Waals surface area contributed by atoms with Gasteiger partial charge >= 0.3 is 0 Å². The molecule has 110 valence electrons. The highest BCUT2D eigenvalue weighted by molar-refractivity contribution is 5.84. The van der Waals surface area contributed by atoms with Crippen LogP contribution in [0.4, 0.5) is 0 Å². The fraction of sp³-hybridized carbons (Fsp3) is 0.929. The van der Waals surface area contributed by atoms with Gasteiger partial charge in [0.1, 0.15) is 5.54 Å². The largest absolute Gasteiger partial charge is 0.368 e. The summed E-state index contributed by atoms with van der Waals surface area (Å²) >= 11 is 0. The predicted octanol–water partition coefficient (Wildman–Crippen LogP) is 0.0100. The topological polar surface area (TPSA) is 61.6 Å². The summed E-state index contributed by atoms with van der Waals surface area (Å²) < 4.78 is 0. The van der Waals surface area contributed by atoms with Gasteiger partial charge in [0.25, 0.3) is 0 Å². The van der Waals surface area contributed by atoms with Crippen LogP contribution in [0.3, 0.4) is 0 Å². The van der Waals surface area contributed by atoms with Crippen molar-refractivity contribution >= 4 is 5.91 Å². The lowest BCUT2D eigenvalue weighted by atomic mass is 10.00. The van der Waals surface area contributed by atoms with Crippen LogP contribution in [0.5, 0.6) is 0 Å². The minimum Gasteiger partial charge on any atom is -0.368 e. The summed E-state index contributed by atoms with van der Waals surface area (Å²) in [5, 5.41) is 3.31. The molecule has 1 atom stereocenters. The number of carbonyl (C=O) groups excluding carboxylic acids is 1. The van der Waals surface area contributed by atoms with Crippen molar-refractivity contribution in [2.75, 3.05) is 39.3 Å². The Kier molecular flexibility index (Phi) is 4.81. The smallest absolute Gasteiger partial charge is 0.238 e. The minimum atomic E-state index is -0.599. The Morgan fingerprint density at radius 2 is 1.95 bits per heavy atom. The van der Waals surface area contributed by atoms with E-state index >= 15 is 0 Å². The van der Waals surface area contributed by atoms with Gasteiger partial charge in [-0.25, -0.2) is 0 Å². The molecule has 1 unspecified atom stereocenters. The van der Waals surface area contributed by atoms with E-state index < -0.39 is 5.54 Å². The van der Waals surface area contributed by atoms with Crippen LogP contribution in [-0.4, -0.2) is 66.6 Å². The quantitative estimate of drug-likeness (QED) is 0.683. The van der Waals surface area contributed by atoms with Gasteiger partial charge in [0.15, 0.2) is 0 Å². The molecule has 1 heterocycles. The highest BCUT2D eigenvalue weighted by Gasteiger charge is 2.36. The maximum absolute atomic E-state index is 11.7. The second kappa shape index (κ2) is 6.20. The number of amides is 1. The van der Waals surface area contributed by atoms with Gasteiger partial charge < -0.3 is 11.1 Å². The lowest BCUT2D eigenvalue weighted by molar-refractivity contribution is -0.124. The maximum Gasteiger partial charge on any atom is 0.238 e. The summed E-state index contributed by atoms with van der Waals surface area (Å²) in [6.07, 6.45) is 3.76. The van der Waals surface area contributed by atoms with Crippen molar-refractivity contribution in [3.8, 4) is 0 Å². The highest BCUT2D eigenvalue weighted by Crippen LogP contribution is 2.27. The first kappa shape index (κ1) is 14.8. The number of nitrogens with one attached hydrogen (secondary N) is 1. The Hall–Kier alpha value is -0.650. The lowest BCUT2D eigenvalue weighted by Crippen LogP contribution is -2.62. The Labute approximate surface area is 116 Å². The van der Waals surface area contributed by atoms with Gasteiger partial charge in [-0.2, -0.15) is 0 Å². The van der Waals surface area contributed by atoms with Crippen molar-refractivity contribution in [3.05, 3.63) is 0 Å². The van der Waals surface area contributed by atoms with Crippen LogP contribution >= 0.6 is 0 Å². The number of carbonyl (C=O) groups is 1. The molecule has 1 amide bonds. The number of primary amides is 1. The summed E-state index contributed by atoms with van der Waals surface area (Å²) in [5.74, 6) is -0.245. The molecule has 5 nitrogen and oxygen atoms in total. The van der Waals surface area contributed by atoms with Gasteiger partial charge in [-0.3, -0.25) is 14.6 Å². The SMILES string of the molecule is CCCNC(C)(CN1CCN(C2CC2)CC1)C(N)=O. The third-order valence-electron chi connectivity index (χ3n) is 4.32. The molecule has 0 aromatic heterocycles. The molecule has 1 aliphatic carbocycles. The van der Waals surface area contributed by atoms with E-state index in [0.717, 1.165) is 51.7 Å². The van der Waals surface area contributed by atoms with Crippen LogP contribution in [0.15, 0.2) is 0 Å². The lowest BCUT2D eigenvalue weighted by Gasteiger charge is -2.39. The molecule has 0 bridgehead atoms. The third kappa shape index (κ3) is 3.91. The zero-order chi connectivity index (χ0) is 13.9. The van der Waals surface area contributed by atoms with E-state index in [1.807, 2.05) is 6.92 Å². The molecule has 1 aliphatic heterocycles. The van der Waals surface area contributed by atoms with E-state index in [1.165, 1.54) is 12.8 Å². The van der Waals surface area contributed by atoms with Crippen LogP contribution in [0.1, 0.15) is 33.1 Å². The molecule has 1 saturated heterocycles. The molecule has 2 aliphatic rings. The molecule has 0 spiro atoms. The van der Waals surface area contributed by atoms with Crippen LogP contribution in [0.2, 0.25) is 0 Å². The number of nitrogens with two attached hydrogens (primary N) is 1. The van der Waals surface area contributed by atoms with Crippen molar-refractivity contribution in [1.29, 1.82) is 0 Å². The van der Waals surface area contributed by atoms with Gasteiger partial charge in [0.05, 0.1) is 0 Å². The van der Waals surface area contributed by atoms with E-state index in [4.69, 9.17) is 5.73 Å². The number of hydrogen-bond acceptors (Lipinski definition) is 4. The second-order valence-electron chi connectivity index (χ2n) is 6.17. The van der Waals surface area contributed by atoms with Crippen LogP contribution in [-0.2, 0) is 4.79 Å². The van der Waals surface area contributed by atoms with Crippen LogP contribution in [0, 0.1) is 0 Å². The molecule has 5 heteroatoms. The van der Waals surface area contributed by atoms with Crippen molar-refractivity contribution in [2.45, 2.75) is 44.7 Å². The van der Waals surface area contributed by atoms with Gasteiger partial charge in [-0.05, 0) is 32.7 Å². The monoisotopic (exact) mass is 268 g/mol. The molecule has 0 aromatic carbocycles. The van der Waals surface area contributed by atoms with E-state index in [2.05, 4.69) is 22.0 Å². The van der Waals surface area contributed by atoms with Gasteiger partial charge in [0.2, 0.25) is 5.91 Å². The van der Waals surface area contributed by atoms with E-state index in [0.29, 0.717) is 0 Å². The molecular formula is C14H28N4O. The van der Waals surface area contributed by atoms with Crippen molar-refractivity contribution in [3.63, 3.8) is 0 Å². The molecule has 0 aromatic rings. The van der Waals surface area contributed by atoms with Crippen LogP contribution in [0.25, 0.3) is 0 Å². The fourth-order valence-corrected chi connectivity index (χ4v) is 2.80. The number of piperazine rings is 1. The second-order valence-corrected chi connectivity index (χ2v) is 6.17. The molecular weight excluding hydrogens is 240 g/mol. The predicted molar refractivity (Wildman–Crippen MR) is 76.9 cm³/mol. The normalized spacial score (nSPS) is 25.2. The number of nitrogens with zero attached hydrogens (tertiary/aromatic N) is 2. The van der Waals surface area contributed by atoms with Gasteiger partial charge in [0, 0.05) is 38.8 Å². The van der Waals surface area contributed by atoms with E-state index in [9.17, 15) is 4.79 Å². The average Bonchev–Trinajstić information content (AvgIpc) is 3.21. The van der Waals surface area contributed by atoms with Crippen molar-refractivity contribution in [1.82, 2.24) is 15.1 Å². The zero-order valence-corrected chi connectivity index (χ0v) is 12.3. The molecule has 3 N–H and O–H groups in total. The molecule has 0 radical (unpaired) electrons. The molecule has 2 fully saturated rings. The maximum atomic E-state index is 11.7. The van der Waals surface area contributed by atoms with E-state index in [1.54, 1.807) is 0 Å². The molecule has 2 rings (SSSR count). The highest BCUT2D eigenvalue weighted by atomic mass is 16.1.